The zero-order valence-electron chi connectivity index (χ0n) is 60.6. The average molecular weight is 1370 g/mol. The van der Waals surface area contributed by atoms with Gasteiger partial charge in [-0.15, -0.1) is 29.7 Å². The zero-order chi connectivity index (χ0) is 67.7. The van der Waals surface area contributed by atoms with Crippen molar-refractivity contribution in [1.29, 1.82) is 0 Å². The van der Waals surface area contributed by atoms with Gasteiger partial charge in [0, 0.05) is 44.3 Å². The maximum Gasteiger partial charge on any atom is 0.268 e. The van der Waals surface area contributed by atoms with Gasteiger partial charge in [-0.1, -0.05) is 251 Å². The van der Waals surface area contributed by atoms with Crippen LogP contribution in [0.15, 0.2) is 194 Å². The van der Waals surface area contributed by atoms with Gasteiger partial charge in [0.1, 0.15) is 5.82 Å². The molecule has 0 fully saturated rings. The monoisotopic (exact) mass is 1370 g/mol. The van der Waals surface area contributed by atoms with Gasteiger partial charge in [0.15, 0.2) is 0 Å². The van der Waals surface area contributed by atoms with Crippen LogP contribution < -0.4 is 9.30 Å². The molecule has 0 N–H and O–H groups in total. The molecular weight excluding hydrogens is 1280 g/mol. The number of rotatable bonds is 9. The minimum Gasteiger partial charge on any atom is -0.510 e. The number of nitrogens with zero attached hydrogens (tertiary/aromatic N) is 4. The van der Waals surface area contributed by atoms with E-state index in [9.17, 15) is 2.74 Å². The number of ether oxygens (including phenoxy) is 1. The molecule has 0 unspecified atom stereocenters. The molecule has 9 aromatic carbocycles. The SMILES string of the molecule is [2H]c1c([2H])c([2H])c(-c2cc(-c3cc(C(C)(C)C)cc(C(C)(C)C)c3)c(-[n+]3[c-]n(-c4[c-]c(Oc5[c-]c6c(cc5)c5ccccc5n6-c5cc(C(C)(C)C)ccn5)ccc4)c4cc(-c5ccc(C(C)(C)C)cc5)ccc43)c(-c3cc(C(C)(C)C)cc(C(C)(C)C)c3)c2)c([2H])c1[2H].[Pt]. The summed E-state index contributed by atoms with van der Waals surface area (Å²) in [4.78, 5) is 4.93. The van der Waals surface area contributed by atoms with Crippen molar-refractivity contribution < 1.29 is 37.2 Å². The van der Waals surface area contributed by atoms with E-state index in [0.29, 0.717) is 22.7 Å². The summed E-state index contributed by atoms with van der Waals surface area (Å²) in [5, 5.41) is 2.12. The summed E-state index contributed by atoms with van der Waals surface area (Å²) in [7, 11) is 0. The molecule has 3 aromatic heterocycles. The molecule has 3 heterocycles. The Morgan fingerprint density at radius 3 is 1.53 bits per heavy atom. The molecule has 0 aliphatic rings. The summed E-state index contributed by atoms with van der Waals surface area (Å²) < 4.78 is 59.2. The third kappa shape index (κ3) is 12.6. The number of hydrogen-bond donors (Lipinski definition) is 0. The second-order valence-corrected chi connectivity index (χ2v) is 30.4. The molecule has 0 aliphatic carbocycles. The summed E-state index contributed by atoms with van der Waals surface area (Å²) in [6.45, 7) is 40.2. The molecule has 90 heavy (non-hydrogen) atoms. The first-order chi connectivity index (χ1) is 43.9. The van der Waals surface area contributed by atoms with Crippen molar-refractivity contribution in [2.75, 3.05) is 0 Å². The number of para-hydroxylation sites is 1. The largest absolute Gasteiger partial charge is 0.510 e. The average Bonchev–Trinajstić information content (AvgIpc) is 1.71. The van der Waals surface area contributed by atoms with Gasteiger partial charge in [-0.05, 0) is 158 Å². The van der Waals surface area contributed by atoms with Gasteiger partial charge in [0.05, 0.1) is 23.6 Å². The molecule has 0 saturated heterocycles. The molecule has 12 rings (SSSR count). The van der Waals surface area contributed by atoms with Crippen LogP contribution in [-0.4, -0.2) is 14.1 Å². The first-order valence-corrected chi connectivity index (χ1v) is 31.3. The van der Waals surface area contributed by atoms with Crippen molar-refractivity contribution in [3.8, 4) is 73.2 Å². The van der Waals surface area contributed by atoms with E-state index in [0.717, 1.165) is 100.0 Å². The van der Waals surface area contributed by atoms with Gasteiger partial charge < -0.3 is 13.9 Å². The van der Waals surface area contributed by atoms with Crippen LogP contribution in [0.3, 0.4) is 0 Å². The Hall–Kier alpha value is -8.11. The molecular formula is C84H86N4OPt-2. The predicted molar refractivity (Wildman–Crippen MR) is 374 cm³/mol. The van der Waals surface area contributed by atoms with E-state index < -0.39 is 18.1 Å². The fraction of sp³-hybridized carbons (Fsp3) is 0.286. The van der Waals surface area contributed by atoms with Crippen LogP contribution in [0.5, 0.6) is 11.5 Å². The Kier molecular flexibility index (Phi) is 14.8. The van der Waals surface area contributed by atoms with E-state index in [4.69, 9.17) is 13.8 Å². The van der Waals surface area contributed by atoms with Crippen molar-refractivity contribution in [2.45, 2.75) is 157 Å². The topological polar surface area (TPSA) is 35.9 Å². The van der Waals surface area contributed by atoms with Crippen molar-refractivity contribution in [2.24, 2.45) is 0 Å². The summed E-state index contributed by atoms with van der Waals surface area (Å²) in [6, 6.07) is 61.5. The second kappa shape index (κ2) is 23.3. The van der Waals surface area contributed by atoms with Crippen LogP contribution in [0.25, 0.3) is 94.5 Å². The molecule has 12 aromatic rings. The fourth-order valence-electron chi connectivity index (χ4n) is 11.9. The van der Waals surface area contributed by atoms with Gasteiger partial charge in [-0.25, -0.2) is 4.98 Å². The Balaban J connectivity index is 0.00000919. The number of imidazole rings is 1. The summed E-state index contributed by atoms with van der Waals surface area (Å²) in [5.74, 6) is 1.80. The normalized spacial score (nSPS) is 13.5. The fourth-order valence-corrected chi connectivity index (χ4v) is 11.9. The molecule has 5 nitrogen and oxygen atoms in total. The minimum atomic E-state index is -0.441. The first-order valence-electron chi connectivity index (χ1n) is 33.8. The van der Waals surface area contributed by atoms with Crippen LogP contribution in [0.4, 0.5) is 0 Å². The molecule has 0 spiro atoms. The van der Waals surface area contributed by atoms with Crippen molar-refractivity contribution in [1.82, 2.24) is 14.1 Å². The Bertz CT molecular complexity index is 4800. The smallest absolute Gasteiger partial charge is 0.268 e. The molecule has 0 bridgehead atoms. The summed E-state index contributed by atoms with van der Waals surface area (Å²) in [6.07, 6.45) is 5.86. The van der Waals surface area contributed by atoms with Crippen molar-refractivity contribution >= 4 is 32.8 Å². The quantitative estimate of drug-likeness (QED) is 0.107. The summed E-state index contributed by atoms with van der Waals surface area (Å²) in [5.41, 5.74) is 16.9. The first kappa shape index (κ1) is 57.1. The number of aromatic nitrogens is 4. The standard InChI is InChI=1S/C84H86N4O.Pt/c1-79(2,3)60-34-31-55(32-35-60)56-33-38-74-76(47-56)86(66-27-24-28-67(51-66)89-68-36-37-70-69-29-22-23-30-73(69)88(75(70)52-68)77-50-61(39-40-85-77)80(4,5)6)53-87(74)78-71(58-41-62(81(7,8)9)48-63(42-58)82(10,11)12)45-57(54-25-20-19-21-26-54)46-72(78)59-43-64(83(13,14)15)49-65(44-59)84(16,17)18;/h19-50H,1-18H3;/q-2;/i19D,20D,21D,25D,26D;. The molecule has 0 radical (unpaired) electrons. The van der Waals surface area contributed by atoms with Crippen LogP contribution in [0.1, 0.15) is 165 Å². The maximum atomic E-state index is 9.56. The van der Waals surface area contributed by atoms with E-state index >= 15 is 0 Å². The van der Waals surface area contributed by atoms with Crippen molar-refractivity contribution in [3.63, 3.8) is 0 Å². The number of benzene rings is 9. The van der Waals surface area contributed by atoms with Crippen LogP contribution in [-0.2, 0) is 53.6 Å². The van der Waals surface area contributed by atoms with Crippen molar-refractivity contribution in [3.05, 3.63) is 246 Å². The van der Waals surface area contributed by atoms with Crippen LogP contribution >= 0.6 is 0 Å². The third-order valence-electron chi connectivity index (χ3n) is 17.4. The molecule has 0 atom stereocenters. The van der Waals surface area contributed by atoms with E-state index in [-0.39, 0.29) is 71.2 Å². The van der Waals surface area contributed by atoms with Gasteiger partial charge in [0.25, 0.3) is 6.33 Å². The maximum absolute atomic E-state index is 9.56. The predicted octanol–water partition coefficient (Wildman–Crippen LogP) is 22.0. The Morgan fingerprint density at radius 2 is 0.967 bits per heavy atom. The number of fused-ring (bicyclic) bond motifs is 4. The van der Waals surface area contributed by atoms with E-state index in [1.165, 1.54) is 11.1 Å². The van der Waals surface area contributed by atoms with Gasteiger partial charge >= 0.3 is 0 Å². The van der Waals surface area contributed by atoms with E-state index in [1.807, 2.05) is 42.6 Å². The molecule has 0 aliphatic heterocycles. The van der Waals surface area contributed by atoms with Crippen LogP contribution in [0, 0.1) is 18.5 Å². The molecule has 0 amide bonds. The van der Waals surface area contributed by atoms with E-state index in [1.54, 1.807) is 0 Å². The van der Waals surface area contributed by atoms with Gasteiger partial charge in [-0.3, -0.25) is 4.57 Å². The molecule has 460 valence electrons. The summed E-state index contributed by atoms with van der Waals surface area (Å²) >= 11 is 0. The minimum absolute atomic E-state index is 0. The Morgan fingerprint density at radius 1 is 0.422 bits per heavy atom. The second-order valence-electron chi connectivity index (χ2n) is 30.4. The number of hydrogen-bond acceptors (Lipinski definition) is 2. The zero-order valence-corrected chi connectivity index (χ0v) is 57.9. The Labute approximate surface area is 557 Å². The number of pyridine rings is 1. The molecule has 0 saturated carbocycles. The van der Waals surface area contributed by atoms with E-state index in [2.05, 4.69) is 278 Å². The molecule has 6 heteroatoms. The third-order valence-corrected chi connectivity index (χ3v) is 17.4. The van der Waals surface area contributed by atoms with Gasteiger partial charge in [-0.2, -0.15) is 18.2 Å². The van der Waals surface area contributed by atoms with Crippen LogP contribution in [0.2, 0.25) is 0 Å². The van der Waals surface area contributed by atoms with Gasteiger partial charge in [0.2, 0.25) is 0 Å².